The third kappa shape index (κ3) is 5.76. The molecule has 156 valence electrons. The van der Waals surface area contributed by atoms with Gasteiger partial charge in [-0.2, -0.15) is 13.2 Å². The van der Waals surface area contributed by atoms with Gasteiger partial charge in [-0.1, -0.05) is 5.21 Å². The van der Waals surface area contributed by atoms with Crippen molar-refractivity contribution >= 4 is 17.3 Å². The van der Waals surface area contributed by atoms with Crippen molar-refractivity contribution in [3.05, 3.63) is 33.3 Å². The van der Waals surface area contributed by atoms with Crippen LogP contribution in [0.1, 0.15) is 34.0 Å². The van der Waals surface area contributed by atoms with Crippen molar-refractivity contribution in [2.75, 3.05) is 20.3 Å². The molecular weight excluding hydrogens is 397 g/mol. The number of ether oxygens (including phenoxy) is 1. The number of methoxy groups -OCH3 is 1. The molecule has 0 fully saturated rings. The average Bonchev–Trinajstić information content (AvgIpc) is 3.20. The van der Waals surface area contributed by atoms with Crippen LogP contribution in [0.5, 0.6) is 0 Å². The van der Waals surface area contributed by atoms with E-state index in [1.54, 1.807) is 7.11 Å². The highest BCUT2D eigenvalue weighted by Gasteiger charge is 2.38. The quantitative estimate of drug-likeness (QED) is 0.801. The summed E-state index contributed by atoms with van der Waals surface area (Å²) in [7, 11) is 1.77. The lowest BCUT2D eigenvalue weighted by Crippen LogP contribution is -2.35. The average molecular weight is 420 g/mol. The number of hydrogen-bond acceptors (Lipinski definition) is 6. The first-order valence-electron chi connectivity index (χ1n) is 8.64. The number of carbonyl (C=O) groups is 1. The Labute approximate surface area is 164 Å². The lowest BCUT2D eigenvalue weighted by molar-refractivity contribution is -0.192. The molecule has 2 aromatic heterocycles. The minimum absolute atomic E-state index is 0.356. The summed E-state index contributed by atoms with van der Waals surface area (Å²) in [5.74, 6) is -2.40. The normalized spacial score (nSPS) is 17.0. The van der Waals surface area contributed by atoms with Gasteiger partial charge in [-0.05, 0) is 26.0 Å². The molecule has 1 unspecified atom stereocenters. The van der Waals surface area contributed by atoms with Crippen LogP contribution in [0.4, 0.5) is 13.2 Å². The fourth-order valence-corrected chi connectivity index (χ4v) is 4.00. The second kappa shape index (κ2) is 9.48. The Balaban J connectivity index is 0.000000345. The van der Waals surface area contributed by atoms with Crippen LogP contribution in [-0.4, -0.2) is 57.4 Å². The molecule has 1 aliphatic rings. The monoisotopic (exact) mass is 420 g/mol. The minimum atomic E-state index is -5.08. The van der Waals surface area contributed by atoms with Gasteiger partial charge in [0.2, 0.25) is 0 Å². The van der Waals surface area contributed by atoms with Crippen LogP contribution >= 0.6 is 11.3 Å². The molecule has 0 radical (unpaired) electrons. The Kier molecular flexibility index (Phi) is 7.55. The number of halogens is 3. The van der Waals surface area contributed by atoms with Gasteiger partial charge >= 0.3 is 12.1 Å². The Morgan fingerprint density at radius 1 is 1.43 bits per heavy atom. The number of nitrogens with zero attached hydrogens (tertiary/aromatic N) is 4. The van der Waals surface area contributed by atoms with Crippen LogP contribution < -0.4 is 0 Å². The van der Waals surface area contributed by atoms with Crippen molar-refractivity contribution < 1.29 is 27.8 Å². The molecule has 1 atom stereocenters. The first kappa shape index (κ1) is 22.3. The van der Waals surface area contributed by atoms with E-state index in [4.69, 9.17) is 14.6 Å². The zero-order valence-electron chi connectivity index (χ0n) is 15.9. The molecule has 0 amide bonds. The van der Waals surface area contributed by atoms with Crippen molar-refractivity contribution in [3.8, 4) is 0 Å². The van der Waals surface area contributed by atoms with Gasteiger partial charge in [0.1, 0.15) is 5.69 Å². The van der Waals surface area contributed by atoms with E-state index in [-0.39, 0.29) is 0 Å². The topological polar surface area (TPSA) is 80.5 Å². The summed E-state index contributed by atoms with van der Waals surface area (Å²) in [5.41, 5.74) is 2.37. The second-order valence-electron chi connectivity index (χ2n) is 6.37. The minimum Gasteiger partial charge on any atom is -0.475 e. The van der Waals surface area contributed by atoms with Crippen LogP contribution in [0.3, 0.4) is 0 Å². The number of hydrogen-bond donors (Lipinski definition) is 1. The molecule has 0 aromatic carbocycles. The molecule has 0 bridgehead atoms. The van der Waals surface area contributed by atoms with Gasteiger partial charge in [-0.3, -0.25) is 4.90 Å². The largest absolute Gasteiger partial charge is 0.490 e. The third-order valence-corrected chi connectivity index (χ3v) is 5.16. The van der Waals surface area contributed by atoms with Crippen molar-refractivity contribution in [2.45, 2.75) is 45.6 Å². The molecule has 1 aliphatic heterocycles. The number of thiophene rings is 1. The van der Waals surface area contributed by atoms with Gasteiger partial charge in [0, 0.05) is 49.0 Å². The summed E-state index contributed by atoms with van der Waals surface area (Å²) in [6, 6.07) is 4.42. The molecule has 3 heterocycles. The number of aryl methyl sites for hydroxylation is 2. The number of fused-ring (bicyclic) bond motifs is 1. The summed E-state index contributed by atoms with van der Waals surface area (Å²) >= 11 is 1.87. The van der Waals surface area contributed by atoms with Gasteiger partial charge < -0.3 is 9.84 Å². The maximum absolute atomic E-state index is 10.6. The summed E-state index contributed by atoms with van der Waals surface area (Å²) in [5, 5.41) is 15.8. The van der Waals surface area contributed by atoms with Gasteiger partial charge in [0.15, 0.2) is 0 Å². The first-order valence-corrected chi connectivity index (χ1v) is 9.46. The number of carboxylic acids is 1. The molecule has 0 spiro atoms. The third-order valence-electron chi connectivity index (χ3n) is 4.17. The highest BCUT2D eigenvalue weighted by Crippen LogP contribution is 2.29. The molecular formula is C17H23F3N4O3S. The van der Waals surface area contributed by atoms with Gasteiger partial charge in [-0.15, -0.1) is 16.4 Å². The standard InChI is InChI=1S/C15H22N4OS.C2HF3O2/c1-4-19-15-12(10-20-3)7-18(9-14(15)16-17-19)8-13-6-5-11(2)21-13;3-2(4,5)1(6)7/h5-6,12H,4,7-10H2,1-3H3;(H,6,7). The van der Waals surface area contributed by atoms with Gasteiger partial charge in [-0.25, -0.2) is 9.48 Å². The number of alkyl halides is 3. The predicted octanol–water partition coefficient (Wildman–Crippen LogP) is 3.05. The summed E-state index contributed by atoms with van der Waals surface area (Å²) in [6.45, 7) is 8.73. The van der Waals surface area contributed by atoms with Crippen molar-refractivity contribution in [2.24, 2.45) is 0 Å². The number of rotatable bonds is 5. The summed E-state index contributed by atoms with van der Waals surface area (Å²) in [6.07, 6.45) is -5.08. The van der Waals surface area contributed by atoms with Crippen molar-refractivity contribution in [1.29, 1.82) is 0 Å². The Morgan fingerprint density at radius 3 is 2.61 bits per heavy atom. The van der Waals surface area contributed by atoms with Gasteiger partial charge in [0.25, 0.3) is 0 Å². The Bertz CT molecular complexity index is 791. The maximum Gasteiger partial charge on any atom is 0.490 e. The van der Waals surface area contributed by atoms with E-state index in [2.05, 4.69) is 41.2 Å². The predicted molar refractivity (Wildman–Crippen MR) is 97.2 cm³/mol. The van der Waals surface area contributed by atoms with E-state index in [1.807, 2.05) is 16.0 Å². The number of aromatic nitrogens is 3. The molecule has 0 saturated carbocycles. The van der Waals surface area contributed by atoms with Crippen LogP contribution in [-0.2, 0) is 29.2 Å². The lowest BCUT2D eigenvalue weighted by Gasteiger charge is -2.31. The van der Waals surface area contributed by atoms with E-state index in [0.717, 1.165) is 38.5 Å². The molecule has 0 saturated heterocycles. The molecule has 28 heavy (non-hydrogen) atoms. The van der Waals surface area contributed by atoms with Gasteiger partial charge in [0.05, 0.1) is 12.3 Å². The fourth-order valence-electron chi connectivity index (χ4n) is 3.07. The number of carboxylic acid groups (broad SMARTS) is 1. The highest BCUT2D eigenvalue weighted by molar-refractivity contribution is 7.11. The van der Waals surface area contributed by atoms with Crippen LogP contribution in [0.2, 0.25) is 0 Å². The van der Waals surface area contributed by atoms with Crippen molar-refractivity contribution in [3.63, 3.8) is 0 Å². The van der Waals surface area contributed by atoms with Crippen molar-refractivity contribution in [1.82, 2.24) is 19.9 Å². The highest BCUT2D eigenvalue weighted by atomic mass is 32.1. The fraction of sp³-hybridized carbons (Fsp3) is 0.588. The first-order chi connectivity index (χ1) is 13.2. The Hall–Kier alpha value is -1.98. The second-order valence-corrected chi connectivity index (χ2v) is 7.75. The van der Waals surface area contributed by atoms with E-state index in [0.29, 0.717) is 5.92 Å². The SMILES string of the molecule is CCn1nnc2c1C(COC)CN(Cc1ccc(C)s1)C2.O=C(O)C(F)(F)F. The van der Waals surface area contributed by atoms with E-state index < -0.39 is 12.1 Å². The number of aliphatic carboxylic acids is 1. The molecule has 7 nitrogen and oxygen atoms in total. The zero-order chi connectivity index (χ0) is 20.9. The molecule has 3 rings (SSSR count). The van der Waals surface area contributed by atoms with Crippen LogP contribution in [0.25, 0.3) is 0 Å². The summed E-state index contributed by atoms with van der Waals surface area (Å²) < 4.78 is 39.2. The summed E-state index contributed by atoms with van der Waals surface area (Å²) in [4.78, 5) is 14.1. The van der Waals surface area contributed by atoms with Crippen LogP contribution in [0, 0.1) is 6.92 Å². The molecule has 2 aromatic rings. The molecule has 1 N–H and O–H groups in total. The van der Waals surface area contributed by atoms with E-state index >= 15 is 0 Å². The molecule has 11 heteroatoms. The zero-order valence-corrected chi connectivity index (χ0v) is 16.7. The molecule has 0 aliphatic carbocycles. The lowest BCUT2D eigenvalue weighted by atomic mass is 9.99. The van der Waals surface area contributed by atoms with E-state index in [1.165, 1.54) is 15.4 Å². The van der Waals surface area contributed by atoms with E-state index in [9.17, 15) is 13.2 Å². The smallest absolute Gasteiger partial charge is 0.475 e. The van der Waals surface area contributed by atoms with Crippen LogP contribution in [0.15, 0.2) is 12.1 Å². The maximum atomic E-state index is 10.6. The Morgan fingerprint density at radius 2 is 2.11 bits per heavy atom.